The molecule has 0 rings (SSSR count). The van der Waals surface area contributed by atoms with E-state index in [2.05, 4.69) is 9.47 Å². The van der Waals surface area contributed by atoms with Gasteiger partial charge < -0.3 is 14.0 Å². The molecule has 0 aliphatic carbocycles. The zero-order chi connectivity index (χ0) is 44.5. The first-order valence-electron chi connectivity index (χ1n) is 14.1. The van der Waals surface area contributed by atoms with Crippen molar-refractivity contribution in [2.24, 2.45) is 0 Å². The first-order chi connectivity index (χ1) is 24.0. The van der Waals surface area contributed by atoms with E-state index < -0.39 is 122 Å². The number of nitrogens with zero attached hydrogens (tertiary/aromatic N) is 1. The number of halogens is 24. The van der Waals surface area contributed by atoms with Gasteiger partial charge in [-0.2, -0.15) is 87.8 Å². The van der Waals surface area contributed by atoms with Crippen molar-refractivity contribution in [1.82, 2.24) is 0 Å². The molecule has 0 fully saturated rings. The zero-order valence-electron chi connectivity index (χ0n) is 27.2. The quantitative estimate of drug-likeness (QED) is 0.0583. The summed E-state index contributed by atoms with van der Waals surface area (Å²) in [6.07, 6.45) is -19.0. The van der Waals surface area contributed by atoms with E-state index in [1.54, 1.807) is 0 Å². The van der Waals surface area contributed by atoms with Crippen molar-refractivity contribution in [2.75, 3.05) is 46.7 Å². The molecule has 0 saturated heterocycles. The van der Waals surface area contributed by atoms with Crippen LogP contribution < -0.4 is 0 Å². The molecule has 0 aliphatic heterocycles. The maximum atomic E-state index is 14.0. The Morgan fingerprint density at radius 1 is 0.527 bits per heavy atom. The number of carbonyl (C=O) groups is 2. The lowest BCUT2D eigenvalue weighted by Crippen LogP contribution is -2.68. The van der Waals surface area contributed by atoms with Crippen LogP contribution in [-0.4, -0.2) is 140 Å². The lowest BCUT2D eigenvalue weighted by atomic mass is 9.93. The third-order valence-electron chi connectivity index (χ3n) is 6.92. The van der Waals surface area contributed by atoms with Crippen LogP contribution in [0.1, 0.15) is 19.3 Å². The summed E-state index contributed by atoms with van der Waals surface area (Å²) < 4.78 is 328. The molecule has 1 unspecified atom stereocenters. The molecule has 5 nitrogen and oxygen atoms in total. The van der Waals surface area contributed by atoms with Crippen LogP contribution >= 0.6 is 11.8 Å². The molecular formula is C25H26F24NO4S+. The summed E-state index contributed by atoms with van der Waals surface area (Å²) in [5, 5.41) is -2.19. The number of rotatable bonds is 23. The number of hydrogen-bond donors (Lipinski definition) is 0. The van der Waals surface area contributed by atoms with E-state index in [-0.39, 0.29) is 28.5 Å². The third kappa shape index (κ3) is 10.4. The first kappa shape index (κ1) is 52.6. The number of alkyl halides is 24. The van der Waals surface area contributed by atoms with Crippen LogP contribution in [0, 0.1) is 0 Å². The van der Waals surface area contributed by atoms with Gasteiger partial charge in [0.25, 0.3) is 0 Å². The third-order valence-corrected chi connectivity index (χ3v) is 8.10. The Bertz CT molecular complexity index is 1300. The monoisotopic (exact) mass is 892 g/mol. The standard InChI is InChI=1S/C25H26F24NO4S/c1-50(2,3)6-9-55-11(13(52)54-8-5-17(32,33)21(40,41)25(48,49)23(44,45)19(36,37)15(28)29)10-12(51)53-7-4-16(30,31)20(38,39)24(46,47)22(42,43)18(34,35)14(26)27/h11,14-15H,4-10H2,1-3H3/q+1. The normalized spacial score (nSPS) is 15.8. The van der Waals surface area contributed by atoms with E-state index in [9.17, 15) is 115 Å². The summed E-state index contributed by atoms with van der Waals surface area (Å²) in [5.74, 6) is -78.8. The predicted octanol–water partition coefficient (Wildman–Crippen LogP) is 8.93. The number of carbonyl (C=O) groups excluding carboxylic acids is 2. The highest BCUT2D eigenvalue weighted by Crippen LogP contribution is 2.60. The largest absolute Gasteiger partial charge is 0.465 e. The Morgan fingerprint density at radius 2 is 0.855 bits per heavy atom. The van der Waals surface area contributed by atoms with Crippen LogP contribution in [0.15, 0.2) is 0 Å². The van der Waals surface area contributed by atoms with Gasteiger partial charge in [0, 0.05) is 5.75 Å². The average Bonchev–Trinajstić information content (AvgIpc) is 2.98. The van der Waals surface area contributed by atoms with E-state index in [0.717, 1.165) is 0 Å². The SMILES string of the molecule is C[N+](C)(C)CCSC(CC(=O)OCCC(F)(F)C(F)(F)C(F)(F)C(F)(F)C(F)(F)C(F)F)C(=O)OCCC(F)(F)C(F)(F)C(F)(F)C(F)(F)C(F)(F)C(F)F. The Morgan fingerprint density at radius 3 is 1.16 bits per heavy atom. The van der Waals surface area contributed by atoms with Gasteiger partial charge in [0.1, 0.15) is 5.25 Å². The van der Waals surface area contributed by atoms with E-state index in [1.807, 2.05) is 0 Å². The van der Waals surface area contributed by atoms with Crippen molar-refractivity contribution < 1.29 is 129 Å². The van der Waals surface area contributed by atoms with Crippen molar-refractivity contribution in [1.29, 1.82) is 0 Å². The molecule has 0 heterocycles. The van der Waals surface area contributed by atoms with Crippen molar-refractivity contribution in [3.8, 4) is 0 Å². The lowest BCUT2D eigenvalue weighted by molar-refractivity contribution is -0.867. The smallest absolute Gasteiger partial charge is 0.384 e. The molecular weight excluding hydrogens is 866 g/mol. The average molecular weight is 893 g/mol. The maximum absolute atomic E-state index is 14.0. The topological polar surface area (TPSA) is 52.6 Å². The van der Waals surface area contributed by atoms with Crippen LogP contribution in [0.25, 0.3) is 0 Å². The van der Waals surface area contributed by atoms with Crippen molar-refractivity contribution in [2.45, 2.75) is 96.6 Å². The number of esters is 2. The molecule has 0 aromatic heterocycles. The highest BCUT2D eigenvalue weighted by molar-refractivity contribution is 8.00. The summed E-state index contributed by atoms with van der Waals surface area (Å²) in [7, 11) is 4.43. The maximum Gasteiger partial charge on any atom is 0.384 e. The molecule has 30 heteroatoms. The van der Waals surface area contributed by atoms with Gasteiger partial charge in [-0.1, -0.05) is 0 Å². The fourth-order valence-corrected chi connectivity index (χ4v) is 4.81. The van der Waals surface area contributed by atoms with Crippen LogP contribution in [0.5, 0.6) is 0 Å². The predicted molar refractivity (Wildman–Crippen MR) is 136 cm³/mol. The van der Waals surface area contributed by atoms with Crippen molar-refractivity contribution in [3.05, 3.63) is 0 Å². The Kier molecular flexibility index (Phi) is 16.1. The minimum absolute atomic E-state index is 0.0141. The number of quaternary nitrogens is 1. The molecule has 0 radical (unpaired) electrons. The molecule has 0 bridgehead atoms. The second kappa shape index (κ2) is 16.8. The number of ether oxygens (including phenoxy) is 2. The molecule has 0 aliphatic rings. The fourth-order valence-electron chi connectivity index (χ4n) is 3.42. The molecule has 0 aromatic carbocycles. The van der Waals surface area contributed by atoms with E-state index >= 15 is 0 Å². The van der Waals surface area contributed by atoms with Gasteiger partial charge in [-0.05, 0) is 0 Å². The summed E-state index contributed by atoms with van der Waals surface area (Å²) in [6, 6.07) is 0. The Labute approximate surface area is 296 Å². The van der Waals surface area contributed by atoms with Gasteiger partial charge in [-0.3, -0.25) is 9.59 Å². The van der Waals surface area contributed by atoms with E-state index in [4.69, 9.17) is 0 Å². The zero-order valence-corrected chi connectivity index (χ0v) is 28.1. The Balaban J connectivity index is 5.97. The van der Waals surface area contributed by atoms with Gasteiger partial charge in [-0.15, -0.1) is 11.8 Å². The summed E-state index contributed by atoms with van der Waals surface area (Å²) in [6.45, 7) is -4.49. The minimum atomic E-state index is -7.92. The lowest BCUT2D eigenvalue weighted by Gasteiger charge is -2.39. The van der Waals surface area contributed by atoms with Crippen LogP contribution in [0.2, 0.25) is 0 Å². The second-order valence-corrected chi connectivity index (χ2v) is 13.5. The fraction of sp³-hybridized carbons (Fsp3) is 0.920. The van der Waals surface area contributed by atoms with Gasteiger partial charge in [0.05, 0.1) is 60.2 Å². The minimum Gasteiger partial charge on any atom is -0.465 e. The first-order valence-corrected chi connectivity index (χ1v) is 15.1. The number of thioether (sulfide) groups is 1. The molecule has 1 atom stereocenters. The number of hydrogen-bond acceptors (Lipinski definition) is 5. The highest BCUT2D eigenvalue weighted by atomic mass is 32.2. The molecule has 0 N–H and O–H groups in total. The highest BCUT2D eigenvalue weighted by Gasteiger charge is 2.89. The van der Waals surface area contributed by atoms with Gasteiger partial charge in [0.2, 0.25) is 0 Å². The van der Waals surface area contributed by atoms with Crippen LogP contribution in [-0.2, 0) is 19.1 Å². The molecule has 328 valence electrons. The van der Waals surface area contributed by atoms with Crippen LogP contribution in [0.4, 0.5) is 105 Å². The van der Waals surface area contributed by atoms with E-state index in [1.165, 1.54) is 21.1 Å². The molecule has 0 aromatic rings. The molecule has 55 heavy (non-hydrogen) atoms. The summed E-state index contributed by atoms with van der Waals surface area (Å²) in [5.41, 5.74) is 0. The van der Waals surface area contributed by atoms with Crippen molar-refractivity contribution in [3.63, 3.8) is 0 Å². The second-order valence-electron chi connectivity index (χ2n) is 12.2. The summed E-state index contributed by atoms with van der Waals surface area (Å²) in [4.78, 5) is 24.5. The molecule has 0 amide bonds. The van der Waals surface area contributed by atoms with Crippen LogP contribution in [0.3, 0.4) is 0 Å². The Hall–Kier alpha value is -2.43. The van der Waals surface area contributed by atoms with Crippen molar-refractivity contribution >= 4 is 23.7 Å². The van der Waals surface area contributed by atoms with E-state index in [0.29, 0.717) is 0 Å². The van der Waals surface area contributed by atoms with Gasteiger partial charge >= 0.3 is 84.0 Å². The molecule has 0 spiro atoms. The van der Waals surface area contributed by atoms with Gasteiger partial charge in [0.15, 0.2) is 0 Å². The summed E-state index contributed by atoms with van der Waals surface area (Å²) >= 11 is 0.232. The van der Waals surface area contributed by atoms with Gasteiger partial charge in [-0.25, -0.2) is 17.6 Å². The molecule has 0 saturated carbocycles.